The van der Waals surface area contributed by atoms with Crippen LogP contribution in [0, 0.1) is 0 Å². The number of nitrogens with two attached hydrogens (primary N) is 1. The minimum atomic E-state index is -1.75. The summed E-state index contributed by atoms with van der Waals surface area (Å²) in [5.41, 5.74) is 5.15. The van der Waals surface area contributed by atoms with Crippen molar-refractivity contribution in [1.29, 1.82) is 0 Å². The van der Waals surface area contributed by atoms with Gasteiger partial charge in [-0.1, -0.05) is 0 Å². The first-order valence-corrected chi connectivity index (χ1v) is 6.45. The van der Waals surface area contributed by atoms with Gasteiger partial charge in [0.25, 0.3) is 0 Å². The van der Waals surface area contributed by atoms with E-state index in [0.717, 1.165) is 0 Å². The van der Waals surface area contributed by atoms with E-state index < -0.39 is 25.8 Å². The van der Waals surface area contributed by atoms with Crippen molar-refractivity contribution in [2.24, 2.45) is 5.73 Å². The summed E-state index contributed by atoms with van der Waals surface area (Å²) in [6, 6.07) is -0.847. The molecule has 0 saturated heterocycles. The Morgan fingerprint density at radius 3 is 2.60 bits per heavy atom. The summed E-state index contributed by atoms with van der Waals surface area (Å²) in [6.45, 7) is 0. The van der Waals surface area contributed by atoms with Gasteiger partial charge in [0.1, 0.15) is 0 Å². The monoisotopic (exact) mass is 213 g/mol. The molecular formula is C5H11NO3Se. The number of hydrogen-bond acceptors (Lipinski definition) is 3. The maximum absolute atomic E-state index is 10.5. The standard InChI is InChI=1S/C5H11NO3Se/c1-10(9)3-2-4(6)5(7)8/h4H,2-3,6H2,1H3,(H,7,8)/t4-,10?/m0/s1. The van der Waals surface area contributed by atoms with Crippen LogP contribution in [0.4, 0.5) is 0 Å². The molecule has 0 aromatic rings. The van der Waals surface area contributed by atoms with Gasteiger partial charge in [0.2, 0.25) is 0 Å². The topological polar surface area (TPSA) is 80.4 Å². The average molecular weight is 212 g/mol. The maximum atomic E-state index is 10.5. The van der Waals surface area contributed by atoms with E-state index >= 15 is 0 Å². The Balaban J connectivity index is 3.49. The molecule has 0 amide bonds. The first-order chi connectivity index (χ1) is 4.54. The van der Waals surface area contributed by atoms with Crippen molar-refractivity contribution < 1.29 is 13.7 Å². The fraction of sp³-hybridized carbons (Fsp3) is 0.800. The molecule has 0 bridgehead atoms. The van der Waals surface area contributed by atoms with Crippen LogP contribution in [0.3, 0.4) is 0 Å². The number of carboxylic acid groups (broad SMARTS) is 1. The molecule has 60 valence electrons. The van der Waals surface area contributed by atoms with E-state index in [1.54, 1.807) is 5.82 Å². The first-order valence-electron chi connectivity index (χ1n) is 2.82. The molecule has 3 N–H and O–H groups in total. The Morgan fingerprint density at radius 2 is 2.30 bits per heavy atom. The molecule has 2 atom stereocenters. The number of aliphatic carboxylic acids is 1. The van der Waals surface area contributed by atoms with E-state index in [1.807, 2.05) is 0 Å². The molecule has 0 radical (unpaired) electrons. The van der Waals surface area contributed by atoms with Gasteiger partial charge in [0.15, 0.2) is 0 Å². The van der Waals surface area contributed by atoms with Crippen LogP contribution in [0.25, 0.3) is 0 Å². The van der Waals surface area contributed by atoms with Gasteiger partial charge < -0.3 is 0 Å². The molecule has 0 saturated carbocycles. The molecule has 0 fully saturated rings. The third-order valence-electron chi connectivity index (χ3n) is 1.03. The second kappa shape index (κ2) is 4.55. The van der Waals surface area contributed by atoms with Gasteiger partial charge in [-0.3, -0.25) is 0 Å². The van der Waals surface area contributed by atoms with Crippen molar-refractivity contribution in [2.75, 3.05) is 0 Å². The molecule has 0 spiro atoms. The molecular weight excluding hydrogens is 201 g/mol. The number of carboxylic acids is 1. The molecule has 0 aliphatic heterocycles. The first kappa shape index (κ1) is 9.75. The van der Waals surface area contributed by atoms with E-state index in [4.69, 9.17) is 10.8 Å². The molecule has 0 aromatic carbocycles. The fourth-order valence-electron chi connectivity index (χ4n) is 0.416. The van der Waals surface area contributed by atoms with E-state index in [2.05, 4.69) is 0 Å². The third-order valence-corrected chi connectivity index (χ3v) is 2.73. The van der Waals surface area contributed by atoms with Crippen molar-refractivity contribution in [3.63, 3.8) is 0 Å². The van der Waals surface area contributed by atoms with Crippen LogP contribution >= 0.6 is 0 Å². The van der Waals surface area contributed by atoms with Gasteiger partial charge in [0.05, 0.1) is 0 Å². The molecule has 10 heavy (non-hydrogen) atoms. The summed E-state index contributed by atoms with van der Waals surface area (Å²) in [5.74, 6) is 0.599. The minimum absolute atomic E-state index is 0.319. The van der Waals surface area contributed by atoms with Gasteiger partial charge in [0, 0.05) is 0 Å². The third kappa shape index (κ3) is 4.61. The van der Waals surface area contributed by atoms with Crippen LogP contribution in [0.15, 0.2) is 0 Å². The fourth-order valence-corrected chi connectivity index (χ4v) is 1.65. The van der Waals surface area contributed by atoms with E-state index in [0.29, 0.717) is 11.7 Å². The zero-order chi connectivity index (χ0) is 8.15. The van der Waals surface area contributed by atoms with E-state index in [-0.39, 0.29) is 0 Å². The number of rotatable bonds is 4. The van der Waals surface area contributed by atoms with Crippen molar-refractivity contribution in [2.45, 2.75) is 23.6 Å². The second-order valence-electron chi connectivity index (χ2n) is 2.01. The van der Waals surface area contributed by atoms with E-state index in [1.165, 1.54) is 0 Å². The Kier molecular flexibility index (Phi) is 4.43. The summed E-state index contributed by atoms with van der Waals surface area (Å²) in [7, 11) is 0. The van der Waals surface area contributed by atoms with Gasteiger partial charge in [-0.25, -0.2) is 0 Å². The summed E-state index contributed by atoms with van der Waals surface area (Å²) in [6.07, 6.45) is 0.319. The zero-order valence-corrected chi connectivity index (χ0v) is 7.45. The van der Waals surface area contributed by atoms with Crippen LogP contribution in [-0.2, 0) is 8.63 Å². The van der Waals surface area contributed by atoms with Crippen LogP contribution in [-0.4, -0.2) is 31.0 Å². The summed E-state index contributed by atoms with van der Waals surface area (Å²) >= 11 is -1.75. The van der Waals surface area contributed by atoms with Crippen molar-refractivity contribution >= 4 is 19.8 Å². The summed E-state index contributed by atoms with van der Waals surface area (Å²) in [4.78, 5) is 10.1. The van der Waals surface area contributed by atoms with Gasteiger partial charge in [-0.05, 0) is 0 Å². The molecule has 5 heteroatoms. The predicted molar refractivity (Wildman–Crippen MR) is 37.3 cm³/mol. The SMILES string of the molecule is C[Se](=O)CC[C@H](N)C(=O)O. The van der Waals surface area contributed by atoms with Crippen LogP contribution in [0.1, 0.15) is 6.42 Å². The molecule has 4 nitrogen and oxygen atoms in total. The van der Waals surface area contributed by atoms with Crippen molar-refractivity contribution in [1.82, 2.24) is 0 Å². The number of hydrogen-bond donors (Lipinski definition) is 2. The Morgan fingerprint density at radius 1 is 1.80 bits per heavy atom. The van der Waals surface area contributed by atoms with Crippen LogP contribution in [0.2, 0.25) is 11.1 Å². The Labute approximate surface area is 63.5 Å². The van der Waals surface area contributed by atoms with Gasteiger partial charge in [-0.2, -0.15) is 0 Å². The van der Waals surface area contributed by atoms with Crippen LogP contribution < -0.4 is 5.73 Å². The Bertz CT molecular complexity index is 148. The van der Waals surface area contributed by atoms with Crippen molar-refractivity contribution in [3.8, 4) is 0 Å². The molecule has 0 aromatic heterocycles. The Hall–Kier alpha value is -0.251. The molecule has 0 rings (SSSR count). The van der Waals surface area contributed by atoms with Crippen molar-refractivity contribution in [3.05, 3.63) is 0 Å². The van der Waals surface area contributed by atoms with Crippen LogP contribution in [0.5, 0.6) is 0 Å². The molecule has 0 aliphatic rings. The second-order valence-corrected chi connectivity index (χ2v) is 5.27. The molecule has 0 heterocycles. The number of carbonyl (C=O) groups is 1. The predicted octanol–water partition coefficient (Wildman–Crippen LogP) is -0.160. The summed E-state index contributed by atoms with van der Waals surface area (Å²) in [5, 5.41) is 8.73. The van der Waals surface area contributed by atoms with Gasteiger partial charge >= 0.3 is 62.9 Å². The van der Waals surface area contributed by atoms with Gasteiger partial charge in [-0.15, -0.1) is 0 Å². The normalized spacial score (nSPS) is 16.2. The summed E-state index contributed by atoms with van der Waals surface area (Å²) < 4.78 is 10.5. The molecule has 0 aliphatic carbocycles. The average Bonchev–Trinajstić information content (AvgIpc) is 1.82. The van der Waals surface area contributed by atoms with E-state index in [9.17, 15) is 8.63 Å². The zero-order valence-electron chi connectivity index (χ0n) is 5.74. The molecule has 1 unspecified atom stereocenters. The quantitative estimate of drug-likeness (QED) is 0.634.